The summed E-state index contributed by atoms with van der Waals surface area (Å²) in [5.74, 6) is 1.28. The van der Waals surface area contributed by atoms with Crippen LogP contribution in [0.4, 0.5) is 0 Å². The van der Waals surface area contributed by atoms with Crippen LogP contribution in [-0.2, 0) is 6.42 Å². The van der Waals surface area contributed by atoms with Gasteiger partial charge in [0.05, 0.1) is 0 Å². The van der Waals surface area contributed by atoms with Crippen LogP contribution in [0.15, 0.2) is 24.3 Å². The van der Waals surface area contributed by atoms with Gasteiger partial charge in [-0.05, 0) is 30.4 Å². The third-order valence-electron chi connectivity index (χ3n) is 3.42. The first-order valence-electron chi connectivity index (χ1n) is 6.19. The lowest BCUT2D eigenvalue weighted by atomic mass is 10.0. The number of halogens is 1. The molecule has 0 saturated carbocycles. The third kappa shape index (κ3) is 2.63. The molecule has 1 fully saturated rings. The largest absolute Gasteiger partial charge is 0.338 e. The minimum absolute atomic E-state index is 0.162. The van der Waals surface area contributed by atoms with Crippen LogP contribution < -0.4 is 0 Å². The van der Waals surface area contributed by atoms with Crippen molar-refractivity contribution in [3.63, 3.8) is 0 Å². The Hall–Kier alpha value is -1.02. The van der Waals surface area contributed by atoms with Gasteiger partial charge in [0, 0.05) is 24.5 Å². The summed E-state index contributed by atoms with van der Waals surface area (Å²) < 4.78 is 0. The second kappa shape index (κ2) is 5.54. The van der Waals surface area contributed by atoms with Gasteiger partial charge in [-0.15, -0.1) is 11.6 Å². The summed E-state index contributed by atoms with van der Waals surface area (Å²) in [6.07, 6.45) is 1.93. The maximum Gasteiger partial charge on any atom is 0.254 e. The summed E-state index contributed by atoms with van der Waals surface area (Å²) in [4.78, 5) is 14.3. The molecule has 2 nitrogen and oxygen atoms in total. The van der Waals surface area contributed by atoms with Crippen molar-refractivity contribution in [2.75, 3.05) is 19.0 Å². The molecule has 0 aliphatic carbocycles. The fourth-order valence-corrected chi connectivity index (χ4v) is 2.60. The Morgan fingerprint density at radius 2 is 2.24 bits per heavy atom. The molecule has 1 saturated heterocycles. The van der Waals surface area contributed by atoms with Crippen LogP contribution in [0.1, 0.15) is 29.3 Å². The van der Waals surface area contributed by atoms with Crippen LogP contribution in [0.25, 0.3) is 0 Å². The van der Waals surface area contributed by atoms with Crippen molar-refractivity contribution in [3.8, 4) is 0 Å². The molecule has 1 aromatic carbocycles. The number of alkyl halides is 1. The van der Waals surface area contributed by atoms with Crippen LogP contribution in [0, 0.1) is 5.92 Å². The highest BCUT2D eigenvalue weighted by Crippen LogP contribution is 2.21. The fraction of sp³-hybridized carbons (Fsp3) is 0.500. The second-order valence-corrected chi connectivity index (χ2v) is 4.88. The Morgan fingerprint density at radius 1 is 1.47 bits per heavy atom. The number of carbonyl (C=O) groups excluding carboxylic acids is 1. The maximum absolute atomic E-state index is 12.4. The van der Waals surface area contributed by atoms with Gasteiger partial charge in [-0.2, -0.15) is 0 Å². The molecule has 0 radical (unpaired) electrons. The number of amides is 1. The Morgan fingerprint density at radius 3 is 2.88 bits per heavy atom. The van der Waals surface area contributed by atoms with E-state index in [2.05, 4.69) is 6.92 Å². The van der Waals surface area contributed by atoms with Gasteiger partial charge in [-0.25, -0.2) is 0 Å². The van der Waals surface area contributed by atoms with Gasteiger partial charge in [-0.1, -0.05) is 25.1 Å². The van der Waals surface area contributed by atoms with E-state index >= 15 is 0 Å². The summed E-state index contributed by atoms with van der Waals surface area (Å²) in [6.45, 7) is 3.73. The Kier molecular flexibility index (Phi) is 4.06. The van der Waals surface area contributed by atoms with Gasteiger partial charge in [0.2, 0.25) is 0 Å². The highest BCUT2D eigenvalue weighted by atomic mass is 35.5. The van der Waals surface area contributed by atoms with Crippen molar-refractivity contribution >= 4 is 17.5 Å². The molecule has 3 heteroatoms. The molecule has 1 atom stereocenters. The highest BCUT2D eigenvalue weighted by molar-refractivity contribution is 6.18. The van der Waals surface area contributed by atoms with Crippen molar-refractivity contribution in [2.45, 2.75) is 19.8 Å². The summed E-state index contributed by atoms with van der Waals surface area (Å²) >= 11 is 5.84. The van der Waals surface area contributed by atoms with E-state index < -0.39 is 0 Å². The Balaban J connectivity index is 2.15. The molecule has 1 aliphatic heterocycles. The number of benzene rings is 1. The number of aryl methyl sites for hydroxylation is 1. The molecule has 1 aromatic rings. The molecular formula is C14H18ClNO. The van der Waals surface area contributed by atoms with E-state index in [1.54, 1.807) is 0 Å². The third-order valence-corrected chi connectivity index (χ3v) is 3.86. The topological polar surface area (TPSA) is 20.3 Å². The van der Waals surface area contributed by atoms with Crippen molar-refractivity contribution in [2.24, 2.45) is 5.92 Å². The molecule has 1 aliphatic rings. The Bertz CT molecular complexity index is 405. The van der Waals surface area contributed by atoms with Gasteiger partial charge in [0.15, 0.2) is 0 Å². The number of rotatable bonds is 3. The molecular weight excluding hydrogens is 234 g/mol. The minimum Gasteiger partial charge on any atom is -0.338 e. The quantitative estimate of drug-likeness (QED) is 0.757. The molecule has 1 unspecified atom stereocenters. The van der Waals surface area contributed by atoms with Gasteiger partial charge < -0.3 is 4.90 Å². The number of hydrogen-bond donors (Lipinski definition) is 0. The monoisotopic (exact) mass is 251 g/mol. The maximum atomic E-state index is 12.4. The SMILES string of the molecule is CCc1ccccc1C(=O)N1CCC(CCl)C1. The van der Waals surface area contributed by atoms with Gasteiger partial charge >= 0.3 is 0 Å². The normalized spacial score (nSPS) is 19.6. The van der Waals surface area contributed by atoms with E-state index in [4.69, 9.17) is 11.6 Å². The first-order chi connectivity index (χ1) is 8.26. The number of hydrogen-bond acceptors (Lipinski definition) is 1. The van der Waals surface area contributed by atoms with Crippen LogP contribution in [0.3, 0.4) is 0 Å². The summed E-state index contributed by atoms with van der Waals surface area (Å²) in [7, 11) is 0. The molecule has 0 aromatic heterocycles. The summed E-state index contributed by atoms with van der Waals surface area (Å²) in [5.41, 5.74) is 1.98. The second-order valence-electron chi connectivity index (χ2n) is 4.57. The minimum atomic E-state index is 0.162. The Labute approximate surface area is 108 Å². The van der Waals surface area contributed by atoms with E-state index in [0.717, 1.165) is 37.1 Å². The van der Waals surface area contributed by atoms with Crippen molar-refractivity contribution in [1.29, 1.82) is 0 Å². The first kappa shape index (κ1) is 12.4. The average molecular weight is 252 g/mol. The fourth-order valence-electron chi connectivity index (χ4n) is 2.35. The van der Waals surface area contributed by atoms with Crippen LogP contribution in [-0.4, -0.2) is 29.8 Å². The zero-order chi connectivity index (χ0) is 12.3. The predicted octanol–water partition coefficient (Wildman–Crippen LogP) is 2.95. The van der Waals surface area contributed by atoms with E-state index in [9.17, 15) is 4.79 Å². The van der Waals surface area contributed by atoms with E-state index in [1.807, 2.05) is 29.2 Å². The zero-order valence-electron chi connectivity index (χ0n) is 10.2. The average Bonchev–Trinajstić information content (AvgIpc) is 2.86. The van der Waals surface area contributed by atoms with Crippen LogP contribution in [0.5, 0.6) is 0 Å². The lowest BCUT2D eigenvalue weighted by Crippen LogP contribution is -2.29. The first-order valence-corrected chi connectivity index (χ1v) is 6.72. The number of likely N-dealkylation sites (tertiary alicyclic amines) is 1. The van der Waals surface area contributed by atoms with E-state index in [-0.39, 0.29) is 5.91 Å². The highest BCUT2D eigenvalue weighted by Gasteiger charge is 2.26. The molecule has 2 rings (SSSR count). The lowest BCUT2D eigenvalue weighted by molar-refractivity contribution is 0.0787. The van der Waals surface area contributed by atoms with Crippen LogP contribution in [0.2, 0.25) is 0 Å². The van der Waals surface area contributed by atoms with Crippen molar-refractivity contribution in [3.05, 3.63) is 35.4 Å². The van der Waals surface area contributed by atoms with E-state index in [0.29, 0.717) is 11.8 Å². The zero-order valence-corrected chi connectivity index (χ0v) is 10.9. The van der Waals surface area contributed by atoms with Crippen LogP contribution >= 0.6 is 11.6 Å². The molecule has 92 valence electrons. The molecule has 1 amide bonds. The summed E-state index contributed by atoms with van der Waals surface area (Å²) in [6, 6.07) is 7.88. The van der Waals surface area contributed by atoms with Gasteiger partial charge in [-0.3, -0.25) is 4.79 Å². The molecule has 0 spiro atoms. The molecule has 1 heterocycles. The predicted molar refractivity (Wildman–Crippen MR) is 70.6 cm³/mol. The summed E-state index contributed by atoms with van der Waals surface area (Å²) in [5, 5.41) is 0. The number of carbonyl (C=O) groups is 1. The molecule has 0 N–H and O–H groups in total. The van der Waals surface area contributed by atoms with Gasteiger partial charge in [0.25, 0.3) is 5.91 Å². The van der Waals surface area contributed by atoms with E-state index in [1.165, 1.54) is 0 Å². The molecule has 17 heavy (non-hydrogen) atoms. The van der Waals surface area contributed by atoms with Gasteiger partial charge in [0.1, 0.15) is 0 Å². The lowest BCUT2D eigenvalue weighted by Gasteiger charge is -2.18. The smallest absolute Gasteiger partial charge is 0.254 e. The van der Waals surface area contributed by atoms with Crippen molar-refractivity contribution < 1.29 is 4.79 Å². The standard InChI is InChI=1S/C14H18ClNO/c1-2-12-5-3-4-6-13(12)14(17)16-8-7-11(9-15)10-16/h3-6,11H,2,7-10H2,1H3. The van der Waals surface area contributed by atoms with Crippen molar-refractivity contribution in [1.82, 2.24) is 4.90 Å². The number of nitrogens with zero attached hydrogens (tertiary/aromatic N) is 1. The molecule has 0 bridgehead atoms.